The molecule has 0 unspecified atom stereocenters. The molecule has 6 nitrogen and oxygen atoms in total. The lowest BCUT2D eigenvalue weighted by Crippen LogP contribution is -2.48. The molecule has 1 aliphatic heterocycles. The summed E-state index contributed by atoms with van der Waals surface area (Å²) in [7, 11) is 0. The third kappa shape index (κ3) is 4.83. The number of nitrogens with zero attached hydrogens (tertiary/aromatic N) is 4. The van der Waals surface area contributed by atoms with Gasteiger partial charge in [-0.3, -0.25) is 9.69 Å². The molecule has 1 aromatic heterocycles. The van der Waals surface area contributed by atoms with E-state index < -0.39 is 0 Å². The summed E-state index contributed by atoms with van der Waals surface area (Å²) in [6.45, 7) is 4.01. The van der Waals surface area contributed by atoms with Crippen molar-refractivity contribution in [2.24, 2.45) is 0 Å². The Labute approximate surface area is 191 Å². The number of carbonyl (C=O) groups is 1. The molecule has 3 aromatic carbocycles. The van der Waals surface area contributed by atoms with E-state index in [1.54, 1.807) is 36.4 Å². The van der Waals surface area contributed by atoms with Crippen LogP contribution in [-0.2, 0) is 6.54 Å². The molecule has 33 heavy (non-hydrogen) atoms. The Bertz CT molecular complexity index is 1230. The van der Waals surface area contributed by atoms with Crippen LogP contribution in [0, 0.1) is 5.82 Å². The van der Waals surface area contributed by atoms with Crippen LogP contribution in [0.5, 0.6) is 0 Å². The highest BCUT2D eigenvalue weighted by atomic mass is 19.1. The molecule has 7 heteroatoms. The van der Waals surface area contributed by atoms with Crippen molar-refractivity contribution in [1.82, 2.24) is 19.9 Å². The predicted molar refractivity (Wildman–Crippen MR) is 123 cm³/mol. The molecule has 0 N–H and O–H groups in total. The molecule has 0 spiro atoms. The van der Waals surface area contributed by atoms with E-state index >= 15 is 0 Å². The Morgan fingerprint density at radius 3 is 2.36 bits per heavy atom. The second-order valence-electron chi connectivity index (χ2n) is 8.06. The van der Waals surface area contributed by atoms with Gasteiger partial charge in [0.2, 0.25) is 5.82 Å². The number of rotatable bonds is 5. The average Bonchev–Trinajstić information content (AvgIpc) is 3.35. The second-order valence-corrected chi connectivity index (χ2v) is 8.06. The van der Waals surface area contributed by atoms with Crippen LogP contribution in [0.4, 0.5) is 4.39 Å². The molecular formula is C26H23FN4O2. The summed E-state index contributed by atoms with van der Waals surface area (Å²) >= 11 is 0. The van der Waals surface area contributed by atoms with Crippen molar-refractivity contribution < 1.29 is 13.7 Å². The van der Waals surface area contributed by atoms with Crippen molar-refractivity contribution in [3.63, 3.8) is 0 Å². The largest absolute Gasteiger partial charge is 0.336 e. The van der Waals surface area contributed by atoms with Gasteiger partial charge in [0.15, 0.2) is 0 Å². The summed E-state index contributed by atoms with van der Waals surface area (Å²) in [6, 6.07) is 23.6. The molecule has 1 saturated heterocycles. The standard InChI is InChI=1S/C26H23FN4O2/c27-23-8-4-7-22(17-23)24-28-25(33-29-24)20-9-11-21(12-10-20)26(32)31-15-13-30(14-16-31)18-19-5-2-1-3-6-19/h1-12,17H,13-16,18H2. The van der Waals surface area contributed by atoms with Gasteiger partial charge in [-0.25, -0.2) is 4.39 Å². The molecule has 5 rings (SSSR count). The van der Waals surface area contributed by atoms with Crippen molar-refractivity contribution in [3.05, 3.63) is 95.8 Å². The zero-order valence-electron chi connectivity index (χ0n) is 18.0. The summed E-state index contributed by atoms with van der Waals surface area (Å²) in [5, 5.41) is 3.94. The number of carbonyl (C=O) groups excluding carboxylic acids is 1. The van der Waals surface area contributed by atoms with Crippen LogP contribution in [0.3, 0.4) is 0 Å². The monoisotopic (exact) mass is 442 g/mol. The van der Waals surface area contributed by atoms with Crippen LogP contribution in [0.2, 0.25) is 0 Å². The van der Waals surface area contributed by atoms with Crippen LogP contribution in [0.1, 0.15) is 15.9 Å². The molecule has 2 heterocycles. The lowest BCUT2D eigenvalue weighted by Gasteiger charge is -2.34. The predicted octanol–water partition coefficient (Wildman–Crippen LogP) is 4.50. The second kappa shape index (κ2) is 9.34. The Kier molecular flexibility index (Phi) is 5.95. The lowest BCUT2D eigenvalue weighted by molar-refractivity contribution is 0.0628. The molecule has 0 radical (unpaired) electrons. The number of hydrogen-bond acceptors (Lipinski definition) is 5. The first-order valence-corrected chi connectivity index (χ1v) is 10.9. The molecule has 0 saturated carbocycles. The lowest BCUT2D eigenvalue weighted by atomic mass is 10.1. The Morgan fingerprint density at radius 2 is 1.64 bits per heavy atom. The molecule has 1 aliphatic rings. The molecule has 166 valence electrons. The molecule has 1 fully saturated rings. The first-order valence-electron chi connectivity index (χ1n) is 10.9. The fourth-order valence-electron chi connectivity index (χ4n) is 3.97. The van der Waals surface area contributed by atoms with E-state index in [4.69, 9.17) is 4.52 Å². The smallest absolute Gasteiger partial charge is 0.258 e. The fraction of sp³-hybridized carbons (Fsp3) is 0.192. The maximum absolute atomic E-state index is 13.5. The number of piperazine rings is 1. The zero-order valence-corrected chi connectivity index (χ0v) is 18.0. The van der Waals surface area contributed by atoms with Crippen molar-refractivity contribution in [3.8, 4) is 22.8 Å². The van der Waals surface area contributed by atoms with E-state index in [9.17, 15) is 9.18 Å². The zero-order chi connectivity index (χ0) is 22.6. The topological polar surface area (TPSA) is 62.5 Å². The summed E-state index contributed by atoms with van der Waals surface area (Å²) in [6.07, 6.45) is 0. The van der Waals surface area contributed by atoms with Gasteiger partial charge in [0, 0.05) is 49.4 Å². The van der Waals surface area contributed by atoms with Crippen molar-refractivity contribution >= 4 is 5.91 Å². The molecule has 0 atom stereocenters. The van der Waals surface area contributed by atoms with Crippen molar-refractivity contribution in [2.45, 2.75) is 6.54 Å². The number of hydrogen-bond donors (Lipinski definition) is 0. The van der Waals surface area contributed by atoms with Gasteiger partial charge in [0.25, 0.3) is 11.8 Å². The normalized spacial score (nSPS) is 14.4. The van der Waals surface area contributed by atoms with Crippen LogP contribution < -0.4 is 0 Å². The van der Waals surface area contributed by atoms with Crippen molar-refractivity contribution in [1.29, 1.82) is 0 Å². The molecular weight excluding hydrogens is 419 g/mol. The van der Waals surface area contributed by atoms with E-state index in [1.165, 1.54) is 17.7 Å². The first-order chi connectivity index (χ1) is 16.2. The van der Waals surface area contributed by atoms with Gasteiger partial charge in [-0.2, -0.15) is 4.98 Å². The fourth-order valence-corrected chi connectivity index (χ4v) is 3.97. The van der Waals surface area contributed by atoms with Crippen LogP contribution in [0.25, 0.3) is 22.8 Å². The van der Waals surface area contributed by atoms with Crippen molar-refractivity contribution in [2.75, 3.05) is 26.2 Å². The van der Waals surface area contributed by atoms with Gasteiger partial charge in [-0.15, -0.1) is 0 Å². The number of benzene rings is 3. The minimum absolute atomic E-state index is 0.0203. The first kappa shape index (κ1) is 21.0. The van der Waals surface area contributed by atoms with Crippen LogP contribution in [0.15, 0.2) is 83.4 Å². The highest BCUT2D eigenvalue weighted by Gasteiger charge is 2.22. The third-order valence-corrected chi connectivity index (χ3v) is 5.80. The highest BCUT2D eigenvalue weighted by Crippen LogP contribution is 2.23. The summed E-state index contributed by atoms with van der Waals surface area (Å²) in [5.41, 5.74) is 3.16. The van der Waals surface area contributed by atoms with E-state index in [0.29, 0.717) is 41.5 Å². The average molecular weight is 442 g/mol. The van der Waals surface area contributed by atoms with Gasteiger partial charge >= 0.3 is 0 Å². The number of halogens is 1. The van der Waals surface area contributed by atoms with Gasteiger partial charge in [0.1, 0.15) is 5.82 Å². The van der Waals surface area contributed by atoms with E-state index in [-0.39, 0.29) is 11.7 Å². The molecule has 0 bridgehead atoms. The Hall–Kier alpha value is -3.84. The summed E-state index contributed by atoms with van der Waals surface area (Å²) in [4.78, 5) is 21.6. The number of aromatic nitrogens is 2. The summed E-state index contributed by atoms with van der Waals surface area (Å²) in [5.74, 6) is 0.301. The van der Waals surface area contributed by atoms with E-state index in [1.807, 2.05) is 11.0 Å². The van der Waals surface area contributed by atoms with Gasteiger partial charge in [-0.05, 0) is 42.0 Å². The number of amides is 1. The minimum atomic E-state index is -0.359. The highest BCUT2D eigenvalue weighted by molar-refractivity contribution is 5.94. The molecule has 1 amide bonds. The quantitative estimate of drug-likeness (QED) is 0.455. The molecule has 0 aliphatic carbocycles. The van der Waals surface area contributed by atoms with Gasteiger partial charge in [0.05, 0.1) is 0 Å². The van der Waals surface area contributed by atoms with Gasteiger partial charge in [-0.1, -0.05) is 47.6 Å². The SMILES string of the molecule is O=C(c1ccc(-c2nc(-c3cccc(F)c3)no2)cc1)N1CCN(Cc2ccccc2)CC1. The summed E-state index contributed by atoms with van der Waals surface area (Å²) < 4.78 is 18.8. The molecule has 4 aromatic rings. The Balaban J connectivity index is 1.21. The minimum Gasteiger partial charge on any atom is -0.336 e. The van der Waals surface area contributed by atoms with E-state index in [0.717, 1.165) is 19.6 Å². The maximum Gasteiger partial charge on any atom is 0.258 e. The maximum atomic E-state index is 13.5. The van der Waals surface area contributed by atoms with Crippen LogP contribution >= 0.6 is 0 Å². The van der Waals surface area contributed by atoms with Crippen LogP contribution in [-0.4, -0.2) is 52.0 Å². The Morgan fingerprint density at radius 1 is 0.879 bits per heavy atom. The van der Waals surface area contributed by atoms with Gasteiger partial charge < -0.3 is 9.42 Å². The third-order valence-electron chi connectivity index (χ3n) is 5.80. The van der Waals surface area contributed by atoms with E-state index in [2.05, 4.69) is 39.3 Å².